The third-order valence-electron chi connectivity index (χ3n) is 12.5. The lowest BCUT2D eigenvalue weighted by Gasteiger charge is -2.47. The molecule has 3 fully saturated rings. The lowest BCUT2D eigenvalue weighted by atomic mass is 9.74. The van der Waals surface area contributed by atoms with Crippen LogP contribution in [0.3, 0.4) is 0 Å². The van der Waals surface area contributed by atoms with E-state index in [9.17, 15) is 24.9 Å². The molecule has 0 bridgehead atoms. The zero-order valence-electron chi connectivity index (χ0n) is 35.0. The van der Waals surface area contributed by atoms with E-state index in [1.807, 2.05) is 32.7 Å². The minimum Gasteiger partial charge on any atom is -0.459 e. The van der Waals surface area contributed by atoms with Crippen molar-refractivity contribution in [3.8, 4) is 12.3 Å². The highest BCUT2D eigenvalue weighted by atomic mass is 16.7. The summed E-state index contributed by atoms with van der Waals surface area (Å²) in [6, 6.07) is 0.137. The van der Waals surface area contributed by atoms with Crippen LogP contribution >= 0.6 is 0 Å². The van der Waals surface area contributed by atoms with E-state index in [-0.39, 0.29) is 31.1 Å². The average molecular weight is 766 g/mol. The quantitative estimate of drug-likeness (QED) is 0.128. The fraction of sp³-hybridized carbons (Fsp3) is 0.878. The second-order valence-corrected chi connectivity index (χ2v) is 16.9. The number of carbonyl (C=O) groups is 2. The number of nitrogens with zero attached hydrogens (tertiary/aromatic N) is 3. The predicted octanol–water partition coefficient (Wildman–Crippen LogP) is 3.79. The summed E-state index contributed by atoms with van der Waals surface area (Å²) in [6.45, 7) is 14.4. The summed E-state index contributed by atoms with van der Waals surface area (Å²) in [5.74, 6) is -1.99. The number of likely N-dealkylation sites (N-methyl/N-ethyl adjacent to an activating group) is 1. The first-order chi connectivity index (χ1) is 25.2. The highest BCUT2D eigenvalue weighted by Gasteiger charge is 2.52. The highest BCUT2D eigenvalue weighted by Crippen LogP contribution is 2.39. The molecule has 0 radical (unpaired) electrons. The van der Waals surface area contributed by atoms with Crippen molar-refractivity contribution in [3.05, 3.63) is 0 Å². The molecule has 1 aliphatic carbocycles. The van der Waals surface area contributed by atoms with E-state index in [1.54, 1.807) is 20.8 Å². The smallest absolute Gasteiger partial charge is 0.316 e. The summed E-state index contributed by atoms with van der Waals surface area (Å²) in [4.78, 5) is 38.3. The van der Waals surface area contributed by atoms with Crippen LogP contribution in [0, 0.1) is 36.0 Å². The second kappa shape index (κ2) is 19.8. The number of esters is 1. The molecule has 0 aromatic rings. The Morgan fingerprint density at radius 3 is 2.20 bits per heavy atom. The van der Waals surface area contributed by atoms with E-state index in [4.69, 9.17) is 35.4 Å². The molecular weight excluding hydrogens is 694 g/mol. The molecule has 1 unspecified atom stereocenters. The number of hydrogen-bond donors (Lipinski definition) is 3. The molecule has 2 saturated heterocycles. The normalized spacial score (nSPS) is 42.7. The zero-order valence-corrected chi connectivity index (χ0v) is 35.0. The van der Waals surface area contributed by atoms with Crippen LogP contribution in [0.25, 0.3) is 0 Å². The number of hydrogen-bond acceptors (Lipinski definition) is 13. The van der Waals surface area contributed by atoms with Crippen molar-refractivity contribution in [3.63, 3.8) is 0 Å². The minimum atomic E-state index is -1.89. The van der Waals surface area contributed by atoms with Gasteiger partial charge in [-0.3, -0.25) is 14.5 Å². The lowest BCUT2D eigenvalue weighted by Crippen LogP contribution is -2.60. The number of aliphatic hydroxyl groups excluding tert-OH is 2. The van der Waals surface area contributed by atoms with Gasteiger partial charge in [-0.2, -0.15) is 0 Å². The van der Waals surface area contributed by atoms with Crippen molar-refractivity contribution in [1.29, 1.82) is 0 Å². The Morgan fingerprint density at radius 1 is 1.02 bits per heavy atom. The molecule has 0 spiro atoms. The van der Waals surface area contributed by atoms with Crippen LogP contribution in [-0.4, -0.2) is 144 Å². The van der Waals surface area contributed by atoms with E-state index < -0.39 is 77.3 Å². The van der Waals surface area contributed by atoms with E-state index in [0.717, 1.165) is 25.7 Å². The average Bonchev–Trinajstić information content (AvgIpc) is 3.14. The van der Waals surface area contributed by atoms with E-state index in [0.29, 0.717) is 31.1 Å². The van der Waals surface area contributed by atoms with E-state index >= 15 is 0 Å². The third-order valence-corrected chi connectivity index (χ3v) is 12.5. The molecule has 0 aromatic carbocycles. The van der Waals surface area contributed by atoms with Crippen molar-refractivity contribution in [2.45, 2.75) is 173 Å². The van der Waals surface area contributed by atoms with Crippen LogP contribution in [0.5, 0.6) is 0 Å². The Balaban J connectivity index is 2.11. The standard InChI is InChI=1S/C41H71N3O10/c1-14-16-21-44(12)31-22-25(4)51-39(35(31)46)53-37-27(6)34(45)28(7)38(48)52-32(15-2)41(9,49)36(47)26(5)33(24(3)23-40(37,8)50-13)42-54-30-19-17-29(18-20-30)43(10)11/h1,24-32,35-37,39,46-47,49H,15-23H2,2-13H3/b42-33+/t24-,25?,26+,27+,28-,29-,30+,31+,32-,35-,36-,37-,39+,40-,41-/m1/s1. The summed E-state index contributed by atoms with van der Waals surface area (Å²) in [5, 5.41) is 40.1. The molecule has 13 atom stereocenters. The summed E-state index contributed by atoms with van der Waals surface area (Å²) >= 11 is 0. The lowest BCUT2D eigenvalue weighted by molar-refractivity contribution is -0.295. The number of ketones is 1. The molecular formula is C41H71N3O10. The molecule has 2 aliphatic heterocycles. The van der Waals surface area contributed by atoms with Gasteiger partial charge in [0.25, 0.3) is 0 Å². The van der Waals surface area contributed by atoms with Gasteiger partial charge in [-0.15, -0.1) is 12.3 Å². The van der Waals surface area contributed by atoms with Crippen molar-refractivity contribution >= 4 is 17.5 Å². The minimum absolute atomic E-state index is 0.120. The molecule has 0 aromatic heterocycles. The third kappa shape index (κ3) is 10.8. The van der Waals surface area contributed by atoms with Gasteiger partial charge in [0, 0.05) is 49.9 Å². The van der Waals surface area contributed by atoms with Gasteiger partial charge in [0.1, 0.15) is 29.8 Å². The molecule has 2 heterocycles. The first-order valence-electron chi connectivity index (χ1n) is 20.0. The number of carbonyl (C=O) groups excluding carboxylic acids is 2. The topological polar surface area (TPSA) is 160 Å². The van der Waals surface area contributed by atoms with Crippen LogP contribution in [0.15, 0.2) is 5.16 Å². The fourth-order valence-corrected chi connectivity index (χ4v) is 8.75. The molecule has 13 heteroatoms. The first kappa shape index (κ1) is 46.2. The molecule has 3 aliphatic rings. The largest absolute Gasteiger partial charge is 0.459 e. The van der Waals surface area contributed by atoms with Gasteiger partial charge < -0.3 is 44.0 Å². The van der Waals surface area contributed by atoms with Gasteiger partial charge in [-0.25, -0.2) is 0 Å². The molecule has 1 saturated carbocycles. The second-order valence-electron chi connectivity index (χ2n) is 16.9. The number of ether oxygens (including phenoxy) is 4. The fourth-order valence-electron chi connectivity index (χ4n) is 8.75. The van der Waals surface area contributed by atoms with E-state index in [1.165, 1.54) is 21.0 Å². The number of oxime groups is 1. The number of Topliss-reactive ketones (excluding diaryl/α,β-unsaturated/α-hetero) is 1. The SMILES string of the molecule is C#CCCN(C)[C@H]1CC(C)O[C@@H](O[C@@H]2[C@@H](C)C(=O)[C@@H](C)C(=O)O[C@H](CC)[C@@](C)(O)[C@H](O)[C@@H](C)/C(=N/O[C@H]3CC[C@@H](N(C)C)CC3)[C@H](C)C[C@@]2(C)OC)[C@@H]1O. The summed E-state index contributed by atoms with van der Waals surface area (Å²) in [7, 11) is 7.59. The van der Waals surface area contributed by atoms with Gasteiger partial charge in [0.05, 0.1) is 29.6 Å². The highest BCUT2D eigenvalue weighted by molar-refractivity contribution is 6.00. The van der Waals surface area contributed by atoms with Crippen molar-refractivity contribution < 1.29 is 48.7 Å². The molecule has 3 N–H and O–H groups in total. The van der Waals surface area contributed by atoms with Gasteiger partial charge in [0.2, 0.25) is 0 Å². The Labute approximate surface area is 324 Å². The number of methoxy groups -OCH3 is 1. The van der Waals surface area contributed by atoms with Crippen LogP contribution in [-0.2, 0) is 33.4 Å². The Bertz CT molecular complexity index is 1300. The van der Waals surface area contributed by atoms with E-state index in [2.05, 4.69) is 24.9 Å². The van der Waals surface area contributed by atoms with Crippen LogP contribution < -0.4 is 0 Å². The summed E-state index contributed by atoms with van der Waals surface area (Å²) < 4.78 is 25.0. The molecule has 54 heavy (non-hydrogen) atoms. The van der Waals surface area contributed by atoms with Gasteiger partial charge >= 0.3 is 5.97 Å². The van der Waals surface area contributed by atoms with Crippen molar-refractivity contribution in [2.24, 2.45) is 28.8 Å². The van der Waals surface area contributed by atoms with Crippen LogP contribution in [0.4, 0.5) is 0 Å². The first-order valence-corrected chi connectivity index (χ1v) is 20.0. The van der Waals surface area contributed by atoms with Gasteiger partial charge in [-0.05, 0) is 93.8 Å². The number of terminal acetylenes is 1. The maximum atomic E-state index is 14.3. The molecule has 3 rings (SSSR count). The maximum Gasteiger partial charge on any atom is 0.316 e. The zero-order chi connectivity index (χ0) is 40.7. The van der Waals surface area contributed by atoms with Crippen LogP contribution in [0.2, 0.25) is 0 Å². The predicted molar refractivity (Wildman–Crippen MR) is 206 cm³/mol. The summed E-state index contributed by atoms with van der Waals surface area (Å²) in [6.07, 6.45) is 4.39. The molecule has 310 valence electrons. The molecule has 0 amide bonds. The Kier molecular flexibility index (Phi) is 17.0. The number of rotatable bonds is 10. The van der Waals surface area contributed by atoms with Crippen molar-refractivity contribution in [2.75, 3.05) is 34.8 Å². The maximum absolute atomic E-state index is 14.3. The monoisotopic (exact) mass is 766 g/mol. The Morgan fingerprint density at radius 2 is 1.65 bits per heavy atom. The Hall–Kier alpha value is -2.15. The van der Waals surface area contributed by atoms with Gasteiger partial charge in [-0.1, -0.05) is 32.9 Å². The van der Waals surface area contributed by atoms with Crippen molar-refractivity contribution in [1.82, 2.24) is 9.80 Å². The molecule has 13 nitrogen and oxygen atoms in total. The summed E-state index contributed by atoms with van der Waals surface area (Å²) in [5.41, 5.74) is -2.62. The number of aliphatic hydroxyl groups is 3. The number of cyclic esters (lactones) is 1. The van der Waals surface area contributed by atoms with Crippen LogP contribution in [0.1, 0.15) is 107 Å². The van der Waals surface area contributed by atoms with Gasteiger partial charge in [0.15, 0.2) is 12.1 Å².